The highest BCUT2D eigenvalue weighted by molar-refractivity contribution is 5.31. The molecule has 1 aliphatic rings. The van der Waals surface area contributed by atoms with Gasteiger partial charge in [-0.1, -0.05) is 24.3 Å². The molecule has 2 atom stereocenters. The molecule has 2 unspecified atom stereocenters. The molecule has 0 saturated heterocycles. The van der Waals surface area contributed by atoms with Crippen molar-refractivity contribution in [2.45, 2.75) is 37.8 Å². The Morgan fingerprint density at radius 2 is 2.28 bits per heavy atom. The van der Waals surface area contributed by atoms with Crippen LogP contribution < -0.4 is 5.32 Å². The van der Waals surface area contributed by atoms with Crippen molar-refractivity contribution in [2.24, 2.45) is 0 Å². The highest BCUT2D eigenvalue weighted by Crippen LogP contribution is 2.32. The van der Waals surface area contributed by atoms with Gasteiger partial charge in [-0.15, -0.1) is 0 Å². The molecular weight excluding hydrogens is 224 g/mol. The zero-order valence-electron chi connectivity index (χ0n) is 11.1. The molecule has 1 aromatic carbocycles. The molecule has 96 valence electrons. The number of nitriles is 1. The lowest BCUT2D eigenvalue weighted by Gasteiger charge is -2.29. The van der Waals surface area contributed by atoms with Crippen LogP contribution in [-0.2, 0) is 11.2 Å². The molecule has 3 nitrogen and oxygen atoms in total. The summed E-state index contributed by atoms with van der Waals surface area (Å²) in [7, 11) is 1.79. The van der Waals surface area contributed by atoms with Crippen LogP contribution in [-0.4, -0.2) is 19.2 Å². The largest absolute Gasteiger partial charge is 0.370 e. The summed E-state index contributed by atoms with van der Waals surface area (Å²) in [5, 5.41) is 12.1. The molecule has 0 aromatic heterocycles. The fraction of sp³-hybridized carbons (Fsp3) is 0.533. The lowest BCUT2D eigenvalue weighted by molar-refractivity contribution is 0.0176. The SMILES string of the molecule is CNC(C)(C#N)COC1CCCc2ccccc21. The standard InChI is InChI=1S/C15H20N2O/c1-15(10-16,17-2)11-18-14-9-5-7-12-6-3-4-8-13(12)14/h3-4,6,8,14,17H,5,7,9,11H2,1-2H3. The summed E-state index contributed by atoms with van der Waals surface area (Å²) in [4.78, 5) is 0. The van der Waals surface area contributed by atoms with E-state index in [1.54, 1.807) is 7.05 Å². The molecule has 0 fully saturated rings. The van der Waals surface area contributed by atoms with E-state index in [2.05, 4.69) is 35.7 Å². The molecular formula is C15H20N2O. The number of rotatable bonds is 4. The summed E-state index contributed by atoms with van der Waals surface area (Å²) in [5.74, 6) is 0. The molecule has 2 rings (SSSR count). The second-order valence-corrected chi connectivity index (χ2v) is 5.08. The van der Waals surface area contributed by atoms with Gasteiger partial charge in [-0.05, 0) is 44.4 Å². The van der Waals surface area contributed by atoms with Gasteiger partial charge in [-0.3, -0.25) is 0 Å². The van der Waals surface area contributed by atoms with E-state index in [-0.39, 0.29) is 6.10 Å². The van der Waals surface area contributed by atoms with Crippen molar-refractivity contribution in [3.8, 4) is 6.07 Å². The Kier molecular flexibility index (Phi) is 4.00. The van der Waals surface area contributed by atoms with Crippen molar-refractivity contribution >= 4 is 0 Å². The molecule has 1 aliphatic carbocycles. The topological polar surface area (TPSA) is 45.0 Å². The summed E-state index contributed by atoms with van der Waals surface area (Å²) in [6, 6.07) is 10.7. The monoisotopic (exact) mass is 244 g/mol. The van der Waals surface area contributed by atoms with Crippen molar-refractivity contribution in [1.82, 2.24) is 5.32 Å². The molecule has 18 heavy (non-hydrogen) atoms. The Hall–Kier alpha value is -1.37. The first-order valence-corrected chi connectivity index (χ1v) is 6.48. The Morgan fingerprint density at radius 1 is 1.50 bits per heavy atom. The Labute approximate surface area is 109 Å². The quantitative estimate of drug-likeness (QED) is 0.885. The van der Waals surface area contributed by atoms with Crippen LogP contribution in [0.1, 0.15) is 37.0 Å². The van der Waals surface area contributed by atoms with Gasteiger partial charge in [0.05, 0.1) is 18.8 Å². The van der Waals surface area contributed by atoms with Crippen LogP contribution >= 0.6 is 0 Å². The number of hydrogen-bond acceptors (Lipinski definition) is 3. The van der Waals surface area contributed by atoms with E-state index in [9.17, 15) is 0 Å². The molecule has 0 spiro atoms. The minimum atomic E-state index is -0.605. The van der Waals surface area contributed by atoms with Gasteiger partial charge >= 0.3 is 0 Å². The second-order valence-electron chi connectivity index (χ2n) is 5.08. The van der Waals surface area contributed by atoms with E-state index < -0.39 is 5.54 Å². The Balaban J connectivity index is 2.06. The van der Waals surface area contributed by atoms with Crippen LogP contribution in [0.2, 0.25) is 0 Å². The van der Waals surface area contributed by atoms with Gasteiger partial charge < -0.3 is 10.1 Å². The fourth-order valence-corrected chi connectivity index (χ4v) is 2.31. The molecule has 1 aromatic rings. The van der Waals surface area contributed by atoms with E-state index in [1.807, 2.05) is 6.92 Å². The molecule has 0 saturated carbocycles. The fourth-order valence-electron chi connectivity index (χ4n) is 2.31. The van der Waals surface area contributed by atoms with Gasteiger partial charge in [0.1, 0.15) is 5.54 Å². The van der Waals surface area contributed by atoms with Gasteiger partial charge in [0, 0.05) is 0 Å². The Bertz CT molecular complexity index is 452. The van der Waals surface area contributed by atoms with Crippen LogP contribution in [0.4, 0.5) is 0 Å². The molecule has 3 heteroatoms. The minimum Gasteiger partial charge on any atom is -0.370 e. The molecule has 0 amide bonds. The van der Waals surface area contributed by atoms with E-state index in [4.69, 9.17) is 10.00 Å². The lowest BCUT2D eigenvalue weighted by atomic mass is 9.89. The molecule has 0 aliphatic heterocycles. The zero-order valence-corrected chi connectivity index (χ0v) is 11.1. The number of benzene rings is 1. The van der Waals surface area contributed by atoms with Gasteiger partial charge in [-0.2, -0.15) is 5.26 Å². The minimum absolute atomic E-state index is 0.135. The summed E-state index contributed by atoms with van der Waals surface area (Å²) in [5.41, 5.74) is 2.07. The predicted molar refractivity (Wildman–Crippen MR) is 71.2 cm³/mol. The number of fused-ring (bicyclic) bond motifs is 1. The van der Waals surface area contributed by atoms with Gasteiger partial charge in [0.2, 0.25) is 0 Å². The molecule has 0 radical (unpaired) electrons. The first kappa shape index (κ1) is 13.1. The van der Waals surface area contributed by atoms with Crippen molar-refractivity contribution in [2.75, 3.05) is 13.7 Å². The molecule has 1 N–H and O–H groups in total. The molecule has 0 heterocycles. The summed E-state index contributed by atoms with van der Waals surface area (Å²) in [6.45, 7) is 2.28. The van der Waals surface area contributed by atoms with Crippen LogP contribution in [0.15, 0.2) is 24.3 Å². The van der Waals surface area contributed by atoms with Crippen molar-refractivity contribution < 1.29 is 4.74 Å². The number of hydrogen-bond donors (Lipinski definition) is 1. The summed E-state index contributed by atoms with van der Waals surface area (Å²) >= 11 is 0. The number of likely N-dealkylation sites (N-methyl/N-ethyl adjacent to an activating group) is 1. The predicted octanol–water partition coefficient (Wildman–Crippen LogP) is 2.58. The summed E-state index contributed by atoms with van der Waals surface area (Å²) in [6.07, 6.45) is 3.47. The number of aryl methyl sites for hydroxylation is 1. The highest BCUT2D eigenvalue weighted by Gasteiger charge is 2.26. The third-order valence-electron chi connectivity index (χ3n) is 3.69. The van der Waals surface area contributed by atoms with Gasteiger partial charge in [0.15, 0.2) is 0 Å². The third-order valence-corrected chi connectivity index (χ3v) is 3.69. The highest BCUT2D eigenvalue weighted by atomic mass is 16.5. The first-order chi connectivity index (χ1) is 8.68. The number of ether oxygens (including phenoxy) is 1. The number of nitrogens with zero attached hydrogens (tertiary/aromatic N) is 1. The van der Waals surface area contributed by atoms with Crippen molar-refractivity contribution in [1.29, 1.82) is 5.26 Å². The van der Waals surface area contributed by atoms with Crippen molar-refractivity contribution in [3.63, 3.8) is 0 Å². The van der Waals surface area contributed by atoms with Crippen LogP contribution in [0.3, 0.4) is 0 Å². The van der Waals surface area contributed by atoms with Gasteiger partial charge in [-0.25, -0.2) is 0 Å². The molecule has 0 bridgehead atoms. The van der Waals surface area contributed by atoms with Gasteiger partial charge in [0.25, 0.3) is 0 Å². The van der Waals surface area contributed by atoms with Crippen LogP contribution in [0.5, 0.6) is 0 Å². The maximum atomic E-state index is 9.12. The van der Waals surface area contributed by atoms with E-state index in [1.165, 1.54) is 11.1 Å². The van der Waals surface area contributed by atoms with Crippen molar-refractivity contribution in [3.05, 3.63) is 35.4 Å². The lowest BCUT2D eigenvalue weighted by Crippen LogP contribution is -2.43. The van der Waals surface area contributed by atoms with E-state index in [0.717, 1.165) is 19.3 Å². The smallest absolute Gasteiger partial charge is 0.127 e. The van der Waals surface area contributed by atoms with Crippen LogP contribution in [0, 0.1) is 11.3 Å². The maximum absolute atomic E-state index is 9.12. The average molecular weight is 244 g/mol. The first-order valence-electron chi connectivity index (χ1n) is 6.48. The number of nitrogens with one attached hydrogen (secondary N) is 1. The summed E-state index contributed by atoms with van der Waals surface area (Å²) < 4.78 is 5.97. The Morgan fingerprint density at radius 3 is 3.00 bits per heavy atom. The normalized spacial score (nSPS) is 21.7. The van der Waals surface area contributed by atoms with Crippen LogP contribution in [0.25, 0.3) is 0 Å². The zero-order chi connectivity index (χ0) is 13.0. The maximum Gasteiger partial charge on any atom is 0.127 e. The average Bonchev–Trinajstić information content (AvgIpc) is 2.44. The van der Waals surface area contributed by atoms with E-state index in [0.29, 0.717) is 6.61 Å². The second kappa shape index (κ2) is 5.51. The van der Waals surface area contributed by atoms with E-state index >= 15 is 0 Å². The third kappa shape index (κ3) is 2.72.